The van der Waals surface area contributed by atoms with Crippen LogP contribution < -0.4 is 0 Å². The molecule has 0 aromatic rings. The highest BCUT2D eigenvalue weighted by Gasteiger charge is 1.93. The Morgan fingerprint density at radius 3 is 2.80 bits per heavy atom. The van der Waals surface area contributed by atoms with Gasteiger partial charge in [0.1, 0.15) is 0 Å². The van der Waals surface area contributed by atoms with Crippen molar-refractivity contribution in [1.29, 1.82) is 0 Å². The van der Waals surface area contributed by atoms with Crippen LogP contribution in [0.1, 0.15) is 13.8 Å². The Hall–Kier alpha value is -1.23. The van der Waals surface area contributed by atoms with Crippen LogP contribution in [0.5, 0.6) is 0 Å². The second kappa shape index (κ2) is 4.63. The number of esters is 1. The van der Waals surface area contributed by atoms with Gasteiger partial charge in [0.05, 0.1) is 6.61 Å². The summed E-state index contributed by atoms with van der Waals surface area (Å²) < 4.78 is 4.60. The smallest absolute Gasteiger partial charge is 0.331 e. The first-order chi connectivity index (χ1) is 4.70. The van der Waals surface area contributed by atoms with Gasteiger partial charge in [-0.05, 0) is 13.8 Å². The SMILES string of the molecule is C#CC(C)=CC(=O)OCC. The molecule has 0 unspecified atom stereocenters. The number of carbonyl (C=O) groups excluding carboxylic acids is 1. The summed E-state index contributed by atoms with van der Waals surface area (Å²) in [5.41, 5.74) is 0.582. The Morgan fingerprint density at radius 1 is 1.80 bits per heavy atom. The minimum atomic E-state index is -0.377. The van der Waals surface area contributed by atoms with Gasteiger partial charge in [0.25, 0.3) is 0 Å². The lowest BCUT2D eigenvalue weighted by atomic mass is 10.3. The third-order valence-electron chi connectivity index (χ3n) is 0.849. The van der Waals surface area contributed by atoms with Gasteiger partial charge in [-0.2, -0.15) is 0 Å². The summed E-state index contributed by atoms with van der Waals surface area (Å²) in [6.45, 7) is 3.81. The van der Waals surface area contributed by atoms with Crippen molar-refractivity contribution in [2.75, 3.05) is 6.61 Å². The van der Waals surface area contributed by atoms with E-state index in [1.54, 1.807) is 13.8 Å². The number of carbonyl (C=O) groups is 1. The first-order valence-electron chi connectivity index (χ1n) is 3.02. The molecule has 0 N–H and O–H groups in total. The van der Waals surface area contributed by atoms with Crippen molar-refractivity contribution in [2.45, 2.75) is 13.8 Å². The van der Waals surface area contributed by atoms with Crippen molar-refractivity contribution in [1.82, 2.24) is 0 Å². The van der Waals surface area contributed by atoms with Crippen LogP contribution in [0.2, 0.25) is 0 Å². The molecule has 0 aliphatic carbocycles. The molecule has 0 aromatic heterocycles. The number of ether oxygens (including phenoxy) is 1. The summed E-state index contributed by atoms with van der Waals surface area (Å²) in [7, 11) is 0. The quantitative estimate of drug-likeness (QED) is 0.325. The second-order valence-electron chi connectivity index (χ2n) is 1.72. The maximum Gasteiger partial charge on any atom is 0.331 e. The number of hydrogen-bond acceptors (Lipinski definition) is 2. The number of rotatable bonds is 2. The summed E-state index contributed by atoms with van der Waals surface area (Å²) in [5.74, 6) is 1.94. The zero-order valence-corrected chi connectivity index (χ0v) is 6.18. The minimum absolute atomic E-state index is 0.377. The Balaban J connectivity index is 3.90. The van der Waals surface area contributed by atoms with Gasteiger partial charge in [-0.1, -0.05) is 5.92 Å². The van der Waals surface area contributed by atoms with Crippen molar-refractivity contribution in [3.05, 3.63) is 11.6 Å². The van der Waals surface area contributed by atoms with Crippen molar-refractivity contribution < 1.29 is 9.53 Å². The molecule has 0 amide bonds. The molecule has 0 aliphatic heterocycles. The van der Waals surface area contributed by atoms with E-state index in [2.05, 4.69) is 10.7 Å². The van der Waals surface area contributed by atoms with Crippen LogP contribution in [-0.4, -0.2) is 12.6 Å². The molecule has 0 saturated heterocycles. The first-order valence-corrected chi connectivity index (χ1v) is 3.02. The van der Waals surface area contributed by atoms with Gasteiger partial charge in [0.15, 0.2) is 0 Å². The molecule has 0 spiro atoms. The number of allylic oxidation sites excluding steroid dienone is 1. The lowest BCUT2D eigenvalue weighted by molar-refractivity contribution is -0.137. The zero-order chi connectivity index (χ0) is 7.98. The maximum atomic E-state index is 10.6. The van der Waals surface area contributed by atoms with E-state index >= 15 is 0 Å². The van der Waals surface area contributed by atoms with Crippen LogP contribution in [0.15, 0.2) is 11.6 Å². The fourth-order valence-corrected chi connectivity index (χ4v) is 0.402. The van der Waals surface area contributed by atoms with E-state index in [0.29, 0.717) is 12.2 Å². The fraction of sp³-hybridized carbons (Fsp3) is 0.375. The third-order valence-corrected chi connectivity index (χ3v) is 0.849. The molecular formula is C8H10O2. The molecule has 2 nitrogen and oxygen atoms in total. The van der Waals surface area contributed by atoms with E-state index in [1.807, 2.05) is 0 Å². The standard InChI is InChI=1S/C8H10O2/c1-4-7(3)6-8(9)10-5-2/h1,6H,5H2,2-3H3. The predicted octanol–water partition coefficient (Wildman–Crippen LogP) is 1.13. The zero-order valence-electron chi connectivity index (χ0n) is 6.18. The summed E-state index contributed by atoms with van der Waals surface area (Å²) in [4.78, 5) is 10.6. The molecule has 2 heteroatoms. The van der Waals surface area contributed by atoms with Crippen LogP contribution in [0.25, 0.3) is 0 Å². The Kier molecular flexibility index (Phi) is 4.06. The molecule has 0 saturated carbocycles. The lowest BCUT2D eigenvalue weighted by Gasteiger charge is -1.94. The van der Waals surface area contributed by atoms with Crippen molar-refractivity contribution >= 4 is 5.97 Å². The Morgan fingerprint density at radius 2 is 2.40 bits per heavy atom. The van der Waals surface area contributed by atoms with Gasteiger partial charge >= 0.3 is 5.97 Å². The van der Waals surface area contributed by atoms with E-state index < -0.39 is 0 Å². The van der Waals surface area contributed by atoms with Gasteiger partial charge in [-0.3, -0.25) is 0 Å². The van der Waals surface area contributed by atoms with Crippen molar-refractivity contribution in [3.63, 3.8) is 0 Å². The van der Waals surface area contributed by atoms with Gasteiger partial charge in [0.2, 0.25) is 0 Å². The summed E-state index contributed by atoms with van der Waals surface area (Å²) in [5, 5.41) is 0. The number of hydrogen-bond donors (Lipinski definition) is 0. The molecule has 0 heterocycles. The van der Waals surface area contributed by atoms with Gasteiger partial charge < -0.3 is 4.74 Å². The third kappa shape index (κ3) is 3.73. The molecule has 0 radical (unpaired) electrons. The van der Waals surface area contributed by atoms with Crippen LogP contribution >= 0.6 is 0 Å². The average molecular weight is 138 g/mol. The van der Waals surface area contributed by atoms with E-state index in [-0.39, 0.29) is 5.97 Å². The van der Waals surface area contributed by atoms with Gasteiger partial charge in [-0.25, -0.2) is 4.79 Å². The summed E-state index contributed by atoms with van der Waals surface area (Å²) >= 11 is 0. The van der Waals surface area contributed by atoms with E-state index in [0.717, 1.165) is 0 Å². The highest BCUT2D eigenvalue weighted by Crippen LogP contribution is 1.89. The van der Waals surface area contributed by atoms with Gasteiger partial charge in [-0.15, -0.1) is 6.42 Å². The Bertz CT molecular complexity index is 184. The molecule has 0 fully saturated rings. The molecule has 54 valence electrons. The average Bonchev–Trinajstić information content (AvgIpc) is 1.88. The van der Waals surface area contributed by atoms with Crippen molar-refractivity contribution in [2.24, 2.45) is 0 Å². The van der Waals surface area contributed by atoms with E-state index in [9.17, 15) is 4.79 Å². The molecule has 0 atom stereocenters. The van der Waals surface area contributed by atoms with Crippen molar-refractivity contribution in [3.8, 4) is 12.3 Å². The monoisotopic (exact) mass is 138 g/mol. The number of terminal acetylenes is 1. The highest BCUT2D eigenvalue weighted by molar-refractivity contribution is 5.83. The largest absolute Gasteiger partial charge is 0.463 e. The molecule has 0 bridgehead atoms. The van der Waals surface area contributed by atoms with E-state index in [4.69, 9.17) is 6.42 Å². The lowest BCUT2D eigenvalue weighted by Crippen LogP contribution is -1.99. The van der Waals surface area contributed by atoms with Crippen LogP contribution in [0, 0.1) is 12.3 Å². The molecule has 0 aromatic carbocycles. The summed E-state index contributed by atoms with van der Waals surface area (Å²) in [6.07, 6.45) is 6.29. The minimum Gasteiger partial charge on any atom is -0.463 e. The van der Waals surface area contributed by atoms with E-state index in [1.165, 1.54) is 6.08 Å². The molecule has 0 aliphatic rings. The highest BCUT2D eigenvalue weighted by atomic mass is 16.5. The molecular weight excluding hydrogens is 128 g/mol. The molecule has 10 heavy (non-hydrogen) atoms. The first kappa shape index (κ1) is 8.77. The topological polar surface area (TPSA) is 26.3 Å². The maximum absolute atomic E-state index is 10.6. The normalized spacial score (nSPS) is 10.3. The second-order valence-corrected chi connectivity index (χ2v) is 1.72. The fourth-order valence-electron chi connectivity index (χ4n) is 0.402. The van der Waals surface area contributed by atoms with Crippen LogP contribution in [-0.2, 0) is 9.53 Å². The van der Waals surface area contributed by atoms with Crippen LogP contribution in [0.4, 0.5) is 0 Å². The summed E-state index contributed by atoms with van der Waals surface area (Å²) in [6, 6.07) is 0. The molecule has 0 rings (SSSR count). The van der Waals surface area contributed by atoms with Crippen LogP contribution in [0.3, 0.4) is 0 Å². The van der Waals surface area contributed by atoms with Gasteiger partial charge in [0, 0.05) is 11.6 Å². The predicted molar refractivity (Wildman–Crippen MR) is 39.2 cm³/mol. The Labute approximate surface area is 60.9 Å².